The van der Waals surface area contributed by atoms with E-state index in [-0.39, 0.29) is 11.1 Å². The molecule has 0 bridgehead atoms. The van der Waals surface area contributed by atoms with E-state index < -0.39 is 11.9 Å². The van der Waals surface area contributed by atoms with Crippen molar-refractivity contribution < 1.29 is 19.8 Å². The Labute approximate surface area is 70.5 Å². The predicted octanol–water partition coefficient (Wildman–Crippen LogP) is 1.27. The van der Waals surface area contributed by atoms with Gasteiger partial charge in [-0.2, -0.15) is 0 Å². The lowest BCUT2D eigenvalue weighted by molar-refractivity contribution is -0.136. The van der Waals surface area contributed by atoms with Crippen molar-refractivity contribution in [2.24, 2.45) is 0 Å². The Bertz CT molecular complexity index is 227. The van der Waals surface area contributed by atoms with Gasteiger partial charge in [-0.25, -0.2) is 9.59 Å². The Morgan fingerprint density at radius 3 is 1.92 bits per heavy atom. The molecule has 0 aromatic rings. The van der Waals surface area contributed by atoms with Crippen molar-refractivity contribution in [3.8, 4) is 0 Å². The molecule has 0 fully saturated rings. The van der Waals surface area contributed by atoms with Gasteiger partial charge in [-0.15, -0.1) is 0 Å². The Hall–Kier alpha value is -1.32. The van der Waals surface area contributed by atoms with Crippen LogP contribution in [0.5, 0.6) is 0 Å². The van der Waals surface area contributed by atoms with E-state index in [1.165, 1.54) is 6.92 Å². The first-order valence-electron chi connectivity index (χ1n) is 3.67. The Balaban J connectivity index is 4.80. The van der Waals surface area contributed by atoms with Crippen LogP contribution in [0.15, 0.2) is 11.1 Å². The van der Waals surface area contributed by atoms with Gasteiger partial charge >= 0.3 is 11.9 Å². The summed E-state index contributed by atoms with van der Waals surface area (Å²) in [6, 6.07) is 0. The lowest BCUT2D eigenvalue weighted by Crippen LogP contribution is -2.09. The van der Waals surface area contributed by atoms with Crippen LogP contribution >= 0.6 is 0 Å². The minimum Gasteiger partial charge on any atom is -0.478 e. The number of carboxylic acids is 2. The number of aliphatic carboxylic acids is 2. The molecule has 4 nitrogen and oxygen atoms in total. The summed E-state index contributed by atoms with van der Waals surface area (Å²) in [5, 5.41) is 17.1. The van der Waals surface area contributed by atoms with E-state index in [0.717, 1.165) is 0 Å². The molecule has 0 spiro atoms. The van der Waals surface area contributed by atoms with E-state index in [2.05, 4.69) is 0 Å². The van der Waals surface area contributed by atoms with E-state index in [1.54, 1.807) is 6.92 Å². The molecule has 0 saturated heterocycles. The van der Waals surface area contributed by atoms with Gasteiger partial charge in [0.1, 0.15) is 0 Å². The second-order valence-corrected chi connectivity index (χ2v) is 2.46. The lowest BCUT2D eigenvalue weighted by Gasteiger charge is -2.01. The van der Waals surface area contributed by atoms with Crippen LogP contribution in [0.3, 0.4) is 0 Å². The van der Waals surface area contributed by atoms with Crippen LogP contribution in [0, 0.1) is 0 Å². The summed E-state index contributed by atoms with van der Waals surface area (Å²) in [6.07, 6.45) is 0.930. The molecule has 0 aliphatic heterocycles. The van der Waals surface area contributed by atoms with Gasteiger partial charge in [-0.05, 0) is 13.3 Å². The third-order valence-corrected chi connectivity index (χ3v) is 1.53. The zero-order valence-corrected chi connectivity index (χ0v) is 7.13. The number of carbonyl (C=O) groups is 2. The van der Waals surface area contributed by atoms with E-state index >= 15 is 0 Å². The van der Waals surface area contributed by atoms with E-state index in [4.69, 9.17) is 10.2 Å². The van der Waals surface area contributed by atoms with Crippen molar-refractivity contribution in [1.29, 1.82) is 0 Å². The van der Waals surface area contributed by atoms with Crippen molar-refractivity contribution in [3.63, 3.8) is 0 Å². The summed E-state index contributed by atoms with van der Waals surface area (Å²) in [5.41, 5.74) is -0.0886. The highest BCUT2D eigenvalue weighted by Crippen LogP contribution is 2.11. The molecule has 68 valence electrons. The average molecular weight is 172 g/mol. The molecule has 2 N–H and O–H groups in total. The normalized spacial score (nSPS) is 12.2. The van der Waals surface area contributed by atoms with Gasteiger partial charge < -0.3 is 10.2 Å². The topological polar surface area (TPSA) is 74.6 Å². The molecule has 0 radical (unpaired) electrons. The summed E-state index contributed by atoms with van der Waals surface area (Å²) in [5.74, 6) is -2.31. The SMILES string of the molecule is CCC/C(C(=O)O)=C(/C)C(=O)O. The fourth-order valence-electron chi connectivity index (χ4n) is 0.834. The van der Waals surface area contributed by atoms with Crippen molar-refractivity contribution in [2.75, 3.05) is 0 Å². The molecule has 0 rings (SSSR count). The molecule has 12 heavy (non-hydrogen) atoms. The zero-order chi connectivity index (χ0) is 9.72. The summed E-state index contributed by atoms with van der Waals surface area (Å²) in [4.78, 5) is 20.9. The zero-order valence-electron chi connectivity index (χ0n) is 7.13. The third-order valence-electron chi connectivity index (χ3n) is 1.53. The highest BCUT2D eigenvalue weighted by Gasteiger charge is 2.14. The summed E-state index contributed by atoms with van der Waals surface area (Å²) in [7, 11) is 0. The Morgan fingerprint density at radius 2 is 1.67 bits per heavy atom. The molecule has 4 heteroatoms. The first-order chi connectivity index (χ1) is 5.50. The fourth-order valence-corrected chi connectivity index (χ4v) is 0.834. The first-order valence-corrected chi connectivity index (χ1v) is 3.67. The van der Waals surface area contributed by atoms with Crippen LogP contribution in [-0.2, 0) is 9.59 Å². The van der Waals surface area contributed by atoms with Gasteiger partial charge in [0, 0.05) is 11.1 Å². The van der Waals surface area contributed by atoms with Crippen LogP contribution in [0.4, 0.5) is 0 Å². The van der Waals surface area contributed by atoms with Gasteiger partial charge in [0.05, 0.1) is 0 Å². The standard InChI is InChI=1S/C8H12O4/c1-3-4-6(8(11)12)5(2)7(9)10/h3-4H2,1-2H3,(H,9,10)(H,11,12)/b6-5+. The largest absolute Gasteiger partial charge is 0.478 e. The van der Waals surface area contributed by atoms with Crippen LogP contribution < -0.4 is 0 Å². The molecule has 0 heterocycles. The van der Waals surface area contributed by atoms with Crippen molar-refractivity contribution in [3.05, 3.63) is 11.1 Å². The summed E-state index contributed by atoms with van der Waals surface area (Å²) in [6.45, 7) is 3.11. The van der Waals surface area contributed by atoms with E-state index in [9.17, 15) is 9.59 Å². The average Bonchev–Trinajstić information content (AvgIpc) is 1.98. The van der Waals surface area contributed by atoms with Crippen molar-refractivity contribution >= 4 is 11.9 Å². The van der Waals surface area contributed by atoms with Crippen LogP contribution in [0.1, 0.15) is 26.7 Å². The smallest absolute Gasteiger partial charge is 0.332 e. The van der Waals surface area contributed by atoms with Gasteiger partial charge in [-0.1, -0.05) is 13.3 Å². The second-order valence-electron chi connectivity index (χ2n) is 2.46. The highest BCUT2D eigenvalue weighted by atomic mass is 16.4. The molecule has 0 aromatic carbocycles. The van der Waals surface area contributed by atoms with E-state index in [0.29, 0.717) is 12.8 Å². The summed E-state index contributed by atoms with van der Waals surface area (Å²) >= 11 is 0. The van der Waals surface area contributed by atoms with Crippen molar-refractivity contribution in [2.45, 2.75) is 26.7 Å². The van der Waals surface area contributed by atoms with Gasteiger partial charge in [0.15, 0.2) is 0 Å². The van der Waals surface area contributed by atoms with Gasteiger partial charge in [0.25, 0.3) is 0 Å². The van der Waals surface area contributed by atoms with Crippen LogP contribution in [-0.4, -0.2) is 22.2 Å². The van der Waals surface area contributed by atoms with Crippen LogP contribution in [0.25, 0.3) is 0 Å². The Morgan fingerprint density at radius 1 is 1.17 bits per heavy atom. The maximum absolute atomic E-state index is 10.5. The maximum Gasteiger partial charge on any atom is 0.332 e. The minimum atomic E-state index is -1.17. The molecule has 0 aliphatic carbocycles. The molecule has 0 amide bonds. The molecular weight excluding hydrogens is 160 g/mol. The molecule has 0 aromatic heterocycles. The highest BCUT2D eigenvalue weighted by molar-refractivity contribution is 5.98. The number of hydrogen-bond donors (Lipinski definition) is 2. The first kappa shape index (κ1) is 10.7. The van der Waals surface area contributed by atoms with Gasteiger partial charge in [0.2, 0.25) is 0 Å². The maximum atomic E-state index is 10.5. The fraction of sp³-hybridized carbons (Fsp3) is 0.500. The number of rotatable bonds is 4. The molecule has 0 aliphatic rings. The molecule has 0 atom stereocenters. The summed E-state index contributed by atoms with van der Waals surface area (Å²) < 4.78 is 0. The second kappa shape index (κ2) is 4.54. The molecule has 0 unspecified atom stereocenters. The molecular formula is C8H12O4. The van der Waals surface area contributed by atoms with Crippen LogP contribution in [0.2, 0.25) is 0 Å². The Kier molecular flexibility index (Phi) is 4.04. The van der Waals surface area contributed by atoms with Gasteiger partial charge in [-0.3, -0.25) is 0 Å². The quantitative estimate of drug-likeness (QED) is 0.626. The number of hydrogen-bond acceptors (Lipinski definition) is 2. The molecule has 0 saturated carbocycles. The van der Waals surface area contributed by atoms with E-state index in [1.807, 2.05) is 0 Å². The third kappa shape index (κ3) is 2.74. The lowest BCUT2D eigenvalue weighted by atomic mass is 10.1. The monoisotopic (exact) mass is 172 g/mol. The predicted molar refractivity (Wildman–Crippen MR) is 42.9 cm³/mol. The number of carboxylic acid groups (broad SMARTS) is 2. The minimum absolute atomic E-state index is 0.00926. The van der Waals surface area contributed by atoms with Crippen molar-refractivity contribution in [1.82, 2.24) is 0 Å².